The fourth-order valence-electron chi connectivity index (χ4n) is 1.74. The zero-order valence-electron chi connectivity index (χ0n) is 11.0. The van der Waals surface area contributed by atoms with Crippen LogP contribution in [0.2, 0.25) is 0 Å². The average molecular weight is 477 g/mol. The summed E-state index contributed by atoms with van der Waals surface area (Å²) in [5.74, 6) is -0.0550. The summed E-state index contributed by atoms with van der Waals surface area (Å²) in [5.41, 5.74) is 1.94. The van der Waals surface area contributed by atoms with Crippen LogP contribution in [0.4, 0.5) is 5.69 Å². The average Bonchev–Trinajstić information content (AvgIpc) is 2.45. The third-order valence-corrected chi connectivity index (χ3v) is 4.47. The highest BCUT2D eigenvalue weighted by atomic mass is 79.9. The van der Waals surface area contributed by atoms with Crippen molar-refractivity contribution in [3.8, 4) is 0 Å². The van der Waals surface area contributed by atoms with Crippen LogP contribution in [0.15, 0.2) is 55.9 Å². The molecule has 0 aromatic heterocycles. The van der Waals surface area contributed by atoms with Crippen molar-refractivity contribution < 1.29 is 4.79 Å². The number of carbonyl (C=O) groups is 1. The van der Waals surface area contributed by atoms with Gasteiger partial charge in [0.1, 0.15) is 0 Å². The maximum absolute atomic E-state index is 11.9. The highest BCUT2D eigenvalue weighted by Crippen LogP contribution is 2.34. The Morgan fingerprint density at radius 1 is 1.00 bits per heavy atom. The summed E-state index contributed by atoms with van der Waals surface area (Å²) >= 11 is 10.3. The molecule has 2 N–H and O–H groups in total. The van der Waals surface area contributed by atoms with Crippen molar-refractivity contribution in [3.05, 3.63) is 61.4 Å². The van der Waals surface area contributed by atoms with E-state index in [1.165, 1.54) is 0 Å². The van der Waals surface area contributed by atoms with Gasteiger partial charge in [-0.1, -0.05) is 46.3 Å². The summed E-state index contributed by atoms with van der Waals surface area (Å²) in [5, 5.41) is 6.00. The standard InChI is InChI=1S/C15H13Br3N2O/c16-11-6-12(17)15(13(18)7-11)20-9-14(21)19-8-10-4-2-1-3-5-10/h1-7,20H,8-9H2,(H,19,21). The topological polar surface area (TPSA) is 41.1 Å². The van der Waals surface area contributed by atoms with Gasteiger partial charge in [-0.15, -0.1) is 0 Å². The summed E-state index contributed by atoms with van der Waals surface area (Å²) < 4.78 is 2.74. The van der Waals surface area contributed by atoms with Gasteiger partial charge in [0.15, 0.2) is 0 Å². The van der Waals surface area contributed by atoms with E-state index >= 15 is 0 Å². The number of benzene rings is 2. The van der Waals surface area contributed by atoms with Gasteiger partial charge in [-0.3, -0.25) is 4.79 Å². The number of rotatable bonds is 5. The molecule has 0 aliphatic carbocycles. The molecule has 0 spiro atoms. The molecule has 21 heavy (non-hydrogen) atoms. The zero-order valence-corrected chi connectivity index (χ0v) is 15.8. The highest BCUT2D eigenvalue weighted by Gasteiger charge is 2.08. The molecule has 1 amide bonds. The van der Waals surface area contributed by atoms with Crippen molar-refractivity contribution in [3.63, 3.8) is 0 Å². The van der Waals surface area contributed by atoms with Gasteiger partial charge < -0.3 is 10.6 Å². The molecule has 2 aromatic rings. The summed E-state index contributed by atoms with van der Waals surface area (Å²) in [6, 6.07) is 13.7. The van der Waals surface area contributed by atoms with E-state index < -0.39 is 0 Å². The summed E-state index contributed by atoms with van der Waals surface area (Å²) in [7, 11) is 0. The van der Waals surface area contributed by atoms with Crippen molar-refractivity contribution in [1.82, 2.24) is 5.32 Å². The van der Waals surface area contributed by atoms with Crippen molar-refractivity contribution in [1.29, 1.82) is 0 Å². The molecule has 0 saturated heterocycles. The first kappa shape index (κ1) is 16.5. The van der Waals surface area contributed by atoms with E-state index in [0.29, 0.717) is 6.54 Å². The van der Waals surface area contributed by atoms with Gasteiger partial charge in [-0.2, -0.15) is 0 Å². The summed E-state index contributed by atoms with van der Waals surface area (Å²) in [4.78, 5) is 11.9. The Balaban J connectivity index is 1.87. The second-order valence-corrected chi connectivity index (χ2v) is 6.98. The van der Waals surface area contributed by atoms with Crippen LogP contribution in [-0.2, 0) is 11.3 Å². The molecule has 6 heteroatoms. The molecule has 0 heterocycles. The third-order valence-electron chi connectivity index (χ3n) is 2.77. The second kappa shape index (κ2) is 7.96. The SMILES string of the molecule is O=C(CNc1c(Br)cc(Br)cc1Br)NCc1ccccc1. The molecule has 0 bridgehead atoms. The first-order chi connectivity index (χ1) is 10.1. The number of anilines is 1. The van der Waals surface area contributed by atoms with Gasteiger partial charge in [0.25, 0.3) is 0 Å². The van der Waals surface area contributed by atoms with Crippen LogP contribution in [0.5, 0.6) is 0 Å². The Kier molecular flexibility index (Phi) is 6.26. The van der Waals surface area contributed by atoms with Crippen molar-refractivity contribution >= 4 is 59.4 Å². The van der Waals surface area contributed by atoms with Crippen LogP contribution in [0.3, 0.4) is 0 Å². The predicted molar refractivity (Wildman–Crippen MR) is 96.3 cm³/mol. The normalized spacial score (nSPS) is 10.2. The Hall–Kier alpha value is -0.850. The maximum Gasteiger partial charge on any atom is 0.239 e. The van der Waals surface area contributed by atoms with E-state index in [4.69, 9.17) is 0 Å². The van der Waals surface area contributed by atoms with E-state index in [0.717, 1.165) is 24.7 Å². The molecule has 0 fully saturated rings. The van der Waals surface area contributed by atoms with Crippen LogP contribution in [-0.4, -0.2) is 12.5 Å². The first-order valence-electron chi connectivity index (χ1n) is 6.25. The molecule has 2 rings (SSSR count). The molecule has 0 radical (unpaired) electrons. The first-order valence-corrected chi connectivity index (χ1v) is 8.63. The van der Waals surface area contributed by atoms with Gasteiger partial charge in [0, 0.05) is 20.0 Å². The predicted octanol–water partition coefficient (Wildman–Crippen LogP) is 4.70. The number of carbonyl (C=O) groups excluding carboxylic acids is 1. The minimum absolute atomic E-state index is 0.0550. The van der Waals surface area contributed by atoms with Crippen molar-refractivity contribution in [2.24, 2.45) is 0 Å². The number of amides is 1. The second-order valence-electron chi connectivity index (χ2n) is 4.36. The molecule has 3 nitrogen and oxygen atoms in total. The van der Waals surface area contributed by atoms with E-state index in [1.807, 2.05) is 42.5 Å². The van der Waals surface area contributed by atoms with Gasteiger partial charge in [0.2, 0.25) is 5.91 Å². The Morgan fingerprint density at radius 3 is 2.24 bits per heavy atom. The Morgan fingerprint density at radius 2 is 1.62 bits per heavy atom. The largest absolute Gasteiger partial charge is 0.374 e. The van der Waals surface area contributed by atoms with Crippen LogP contribution in [0.25, 0.3) is 0 Å². The van der Waals surface area contributed by atoms with Crippen LogP contribution >= 0.6 is 47.8 Å². The highest BCUT2D eigenvalue weighted by molar-refractivity contribution is 9.11. The van der Waals surface area contributed by atoms with Crippen molar-refractivity contribution in [2.75, 3.05) is 11.9 Å². The van der Waals surface area contributed by atoms with Crippen LogP contribution < -0.4 is 10.6 Å². The van der Waals surface area contributed by atoms with E-state index in [9.17, 15) is 4.79 Å². The lowest BCUT2D eigenvalue weighted by molar-refractivity contribution is -0.119. The lowest BCUT2D eigenvalue weighted by Gasteiger charge is -2.11. The fraction of sp³-hybridized carbons (Fsp3) is 0.133. The van der Waals surface area contributed by atoms with Crippen molar-refractivity contribution in [2.45, 2.75) is 6.54 Å². The molecule has 0 saturated carbocycles. The number of hydrogen-bond donors (Lipinski definition) is 2. The van der Waals surface area contributed by atoms with Gasteiger partial charge in [-0.05, 0) is 49.6 Å². The summed E-state index contributed by atoms with van der Waals surface area (Å²) in [6.07, 6.45) is 0. The minimum Gasteiger partial charge on any atom is -0.374 e. The lowest BCUT2D eigenvalue weighted by Crippen LogP contribution is -2.29. The molecule has 2 aromatic carbocycles. The fourth-order valence-corrected chi connectivity index (χ4v) is 4.28. The molecule has 0 unspecified atom stereocenters. The quantitative estimate of drug-likeness (QED) is 0.656. The number of hydrogen-bond acceptors (Lipinski definition) is 2. The van der Waals surface area contributed by atoms with Crippen LogP contribution in [0.1, 0.15) is 5.56 Å². The van der Waals surface area contributed by atoms with E-state index in [-0.39, 0.29) is 12.5 Å². The molecule has 0 atom stereocenters. The number of nitrogens with one attached hydrogen (secondary N) is 2. The van der Waals surface area contributed by atoms with Crippen LogP contribution in [0, 0.1) is 0 Å². The molecular weight excluding hydrogens is 464 g/mol. The van der Waals surface area contributed by atoms with E-state index in [2.05, 4.69) is 58.4 Å². The smallest absolute Gasteiger partial charge is 0.239 e. The van der Waals surface area contributed by atoms with E-state index in [1.54, 1.807) is 0 Å². The third kappa shape index (κ3) is 5.13. The molecular formula is C15H13Br3N2O. The Labute approximate surface area is 148 Å². The number of halogens is 3. The summed E-state index contributed by atoms with van der Waals surface area (Å²) in [6.45, 7) is 0.746. The molecule has 0 aliphatic heterocycles. The molecule has 110 valence electrons. The zero-order chi connectivity index (χ0) is 15.2. The Bertz CT molecular complexity index is 609. The lowest BCUT2D eigenvalue weighted by atomic mass is 10.2. The van der Waals surface area contributed by atoms with Gasteiger partial charge in [0.05, 0.1) is 12.2 Å². The molecule has 0 aliphatic rings. The van der Waals surface area contributed by atoms with Gasteiger partial charge >= 0.3 is 0 Å². The van der Waals surface area contributed by atoms with Gasteiger partial charge in [-0.25, -0.2) is 0 Å². The monoisotopic (exact) mass is 474 g/mol. The maximum atomic E-state index is 11.9. The minimum atomic E-state index is -0.0550.